The van der Waals surface area contributed by atoms with Crippen LogP contribution in [0.1, 0.15) is 11.1 Å². The molecule has 0 fully saturated rings. The first-order chi connectivity index (χ1) is 10.7. The Morgan fingerprint density at radius 3 is 2.59 bits per heavy atom. The molecule has 0 radical (unpaired) electrons. The third-order valence-corrected chi connectivity index (χ3v) is 2.98. The lowest BCUT2D eigenvalue weighted by atomic mass is 10.1. The van der Waals surface area contributed by atoms with Gasteiger partial charge in [-0.3, -0.25) is 4.79 Å². The van der Waals surface area contributed by atoms with Crippen molar-refractivity contribution in [1.29, 1.82) is 0 Å². The normalized spacial score (nSPS) is 11.0. The van der Waals surface area contributed by atoms with E-state index in [0.717, 1.165) is 5.56 Å². The van der Waals surface area contributed by atoms with Crippen LogP contribution >= 0.6 is 0 Å². The van der Waals surface area contributed by atoms with Crippen LogP contribution in [0.3, 0.4) is 0 Å². The molecule has 1 amide bonds. The summed E-state index contributed by atoms with van der Waals surface area (Å²) in [4.78, 5) is 16.8. The lowest BCUT2D eigenvalue weighted by Crippen LogP contribution is -2.28. The fourth-order valence-electron chi connectivity index (χ4n) is 1.98. The van der Waals surface area contributed by atoms with E-state index >= 15 is 0 Å². The van der Waals surface area contributed by atoms with Crippen LogP contribution in [0.4, 0.5) is 0 Å². The van der Waals surface area contributed by atoms with E-state index in [-0.39, 0.29) is 11.6 Å². The topological polar surface area (TPSA) is 59.9 Å². The number of nitrogens with zero attached hydrogens (tertiary/aromatic N) is 1. The number of para-hydroxylation sites is 1. The lowest BCUT2D eigenvalue weighted by molar-refractivity contribution is -0.114. The number of aryl methyl sites for hydroxylation is 1. The van der Waals surface area contributed by atoms with E-state index in [0.29, 0.717) is 17.1 Å². The average Bonchev–Trinajstić information content (AvgIpc) is 2.53. The van der Waals surface area contributed by atoms with Crippen LogP contribution < -0.4 is 10.1 Å². The molecule has 22 heavy (non-hydrogen) atoms. The Hall–Kier alpha value is -2.82. The van der Waals surface area contributed by atoms with Crippen LogP contribution in [-0.4, -0.2) is 25.8 Å². The summed E-state index contributed by atoms with van der Waals surface area (Å²) < 4.78 is 5.90. The minimum atomic E-state index is -0.345. The number of oxime groups is 1. The van der Waals surface area contributed by atoms with Crippen molar-refractivity contribution in [3.63, 3.8) is 0 Å². The number of carbonyl (C=O) groups excluding carboxylic acids is 1. The van der Waals surface area contributed by atoms with E-state index < -0.39 is 0 Å². The van der Waals surface area contributed by atoms with Gasteiger partial charge >= 0.3 is 0 Å². The molecule has 114 valence electrons. The number of carbonyl (C=O) groups is 1. The van der Waals surface area contributed by atoms with Gasteiger partial charge in [-0.25, -0.2) is 0 Å². The molecule has 0 aliphatic heterocycles. The van der Waals surface area contributed by atoms with Gasteiger partial charge in [-0.2, -0.15) is 0 Å². The van der Waals surface area contributed by atoms with Crippen molar-refractivity contribution in [2.75, 3.05) is 14.2 Å². The molecule has 0 heterocycles. The molecular formula is C17H18N2O3. The standard InChI is InChI=1S/C17H18N2O3/c1-12-7-6-8-13(11-12)22-15-10-5-4-9-14(15)16(19-21-3)17(20)18-2/h4-11H,1-3H3,(H,18,20)/b19-16-. The predicted molar refractivity (Wildman–Crippen MR) is 85.3 cm³/mol. The Balaban J connectivity index is 2.41. The molecule has 0 saturated carbocycles. The predicted octanol–water partition coefficient (Wildman–Crippen LogP) is 2.88. The minimum absolute atomic E-state index is 0.160. The molecule has 1 N–H and O–H groups in total. The number of ether oxygens (including phenoxy) is 1. The maximum atomic E-state index is 12.0. The molecule has 5 heteroatoms. The number of amides is 1. The maximum Gasteiger partial charge on any atom is 0.273 e. The van der Waals surface area contributed by atoms with Gasteiger partial charge in [-0.1, -0.05) is 29.4 Å². The van der Waals surface area contributed by atoms with Gasteiger partial charge in [-0.05, 0) is 36.8 Å². The number of benzene rings is 2. The van der Waals surface area contributed by atoms with Crippen LogP contribution in [0.25, 0.3) is 0 Å². The zero-order chi connectivity index (χ0) is 15.9. The molecular weight excluding hydrogens is 280 g/mol. The fraction of sp³-hybridized carbons (Fsp3) is 0.176. The number of rotatable bonds is 5. The van der Waals surface area contributed by atoms with Gasteiger partial charge in [0.2, 0.25) is 0 Å². The second-order valence-electron chi connectivity index (χ2n) is 4.62. The number of hydrogen-bond acceptors (Lipinski definition) is 4. The number of likely N-dealkylation sites (N-methyl/N-ethyl adjacent to an activating group) is 1. The largest absolute Gasteiger partial charge is 0.457 e. The molecule has 0 bridgehead atoms. The molecule has 0 aromatic heterocycles. The van der Waals surface area contributed by atoms with E-state index in [2.05, 4.69) is 10.5 Å². The molecule has 2 aromatic rings. The summed E-state index contributed by atoms with van der Waals surface area (Å²) in [5, 5.41) is 6.35. The molecule has 2 rings (SSSR count). The number of nitrogens with one attached hydrogen (secondary N) is 1. The Labute approximate surface area is 129 Å². The van der Waals surface area contributed by atoms with Gasteiger partial charge in [0.25, 0.3) is 5.91 Å². The summed E-state index contributed by atoms with van der Waals surface area (Å²) in [5.74, 6) is 0.885. The fourth-order valence-corrected chi connectivity index (χ4v) is 1.98. The van der Waals surface area contributed by atoms with Crippen molar-refractivity contribution >= 4 is 11.6 Å². The highest BCUT2D eigenvalue weighted by molar-refractivity contribution is 6.45. The van der Waals surface area contributed by atoms with E-state index in [1.54, 1.807) is 12.1 Å². The maximum absolute atomic E-state index is 12.0. The monoisotopic (exact) mass is 298 g/mol. The third-order valence-electron chi connectivity index (χ3n) is 2.98. The van der Waals surface area contributed by atoms with Gasteiger partial charge < -0.3 is 14.9 Å². The van der Waals surface area contributed by atoms with Crippen LogP contribution in [0, 0.1) is 6.92 Å². The Morgan fingerprint density at radius 2 is 1.91 bits per heavy atom. The van der Waals surface area contributed by atoms with E-state index in [1.165, 1.54) is 14.2 Å². The van der Waals surface area contributed by atoms with E-state index in [4.69, 9.17) is 9.57 Å². The molecule has 0 unspecified atom stereocenters. The van der Waals surface area contributed by atoms with Crippen LogP contribution in [0.2, 0.25) is 0 Å². The molecule has 0 spiro atoms. The van der Waals surface area contributed by atoms with Crippen molar-refractivity contribution in [3.8, 4) is 11.5 Å². The first-order valence-corrected chi connectivity index (χ1v) is 6.83. The lowest BCUT2D eigenvalue weighted by Gasteiger charge is -2.12. The summed E-state index contributed by atoms with van der Waals surface area (Å²) in [5.41, 5.74) is 1.81. The Morgan fingerprint density at radius 1 is 1.14 bits per heavy atom. The van der Waals surface area contributed by atoms with Crippen molar-refractivity contribution in [1.82, 2.24) is 5.32 Å². The summed E-state index contributed by atoms with van der Waals surface area (Å²) in [7, 11) is 2.94. The van der Waals surface area contributed by atoms with Crippen LogP contribution in [0.15, 0.2) is 53.7 Å². The van der Waals surface area contributed by atoms with Gasteiger partial charge in [0, 0.05) is 7.05 Å². The summed E-state index contributed by atoms with van der Waals surface area (Å²) in [6.45, 7) is 1.99. The second-order valence-corrected chi connectivity index (χ2v) is 4.62. The molecule has 0 aliphatic rings. The third kappa shape index (κ3) is 3.63. The smallest absolute Gasteiger partial charge is 0.273 e. The molecule has 5 nitrogen and oxygen atoms in total. The van der Waals surface area contributed by atoms with Crippen molar-refractivity contribution in [2.24, 2.45) is 5.16 Å². The number of hydrogen-bond donors (Lipinski definition) is 1. The second kappa shape index (κ2) is 7.26. The molecule has 2 aromatic carbocycles. The molecule has 0 aliphatic carbocycles. The van der Waals surface area contributed by atoms with Crippen molar-refractivity contribution in [2.45, 2.75) is 6.92 Å². The van der Waals surface area contributed by atoms with E-state index in [9.17, 15) is 4.79 Å². The van der Waals surface area contributed by atoms with Crippen molar-refractivity contribution < 1.29 is 14.4 Å². The summed E-state index contributed by atoms with van der Waals surface area (Å²) in [6.07, 6.45) is 0. The molecule has 0 saturated heterocycles. The SMILES string of the molecule is CNC(=O)/C(=N\OC)c1ccccc1Oc1cccc(C)c1. The zero-order valence-corrected chi connectivity index (χ0v) is 12.8. The summed E-state index contributed by atoms with van der Waals surface area (Å²) >= 11 is 0. The van der Waals surface area contributed by atoms with Crippen LogP contribution in [-0.2, 0) is 9.63 Å². The van der Waals surface area contributed by atoms with Crippen molar-refractivity contribution in [3.05, 3.63) is 59.7 Å². The quantitative estimate of drug-likeness (QED) is 0.682. The van der Waals surface area contributed by atoms with Gasteiger partial charge in [0.15, 0.2) is 5.71 Å². The first kappa shape index (κ1) is 15.6. The zero-order valence-electron chi connectivity index (χ0n) is 12.8. The average molecular weight is 298 g/mol. The Kier molecular flexibility index (Phi) is 5.14. The summed E-state index contributed by atoms with van der Waals surface area (Å²) in [6, 6.07) is 14.9. The van der Waals surface area contributed by atoms with Gasteiger partial charge in [0.05, 0.1) is 5.56 Å². The molecule has 0 atom stereocenters. The first-order valence-electron chi connectivity index (χ1n) is 6.83. The van der Waals surface area contributed by atoms with E-state index in [1.807, 2.05) is 43.3 Å². The van der Waals surface area contributed by atoms with Crippen LogP contribution in [0.5, 0.6) is 11.5 Å². The highest BCUT2D eigenvalue weighted by Crippen LogP contribution is 2.26. The highest BCUT2D eigenvalue weighted by atomic mass is 16.6. The Bertz CT molecular complexity index is 696. The highest BCUT2D eigenvalue weighted by Gasteiger charge is 2.18. The van der Waals surface area contributed by atoms with Gasteiger partial charge in [0.1, 0.15) is 18.6 Å². The van der Waals surface area contributed by atoms with Gasteiger partial charge in [-0.15, -0.1) is 0 Å². The minimum Gasteiger partial charge on any atom is -0.457 e.